The second-order valence-electron chi connectivity index (χ2n) is 7.43. The number of rotatable bonds is 5. The Morgan fingerprint density at radius 1 is 1.21 bits per heavy atom. The van der Waals surface area contributed by atoms with Gasteiger partial charge in [-0.1, -0.05) is 6.07 Å². The summed E-state index contributed by atoms with van der Waals surface area (Å²) < 4.78 is 5.42. The van der Waals surface area contributed by atoms with Gasteiger partial charge in [0.1, 0.15) is 0 Å². The third-order valence-corrected chi connectivity index (χ3v) is 4.84. The number of carbonyl (C=O) groups is 1. The molecule has 3 aromatic rings. The fourth-order valence-corrected chi connectivity index (χ4v) is 3.45. The van der Waals surface area contributed by atoms with Crippen molar-refractivity contribution < 1.29 is 9.53 Å². The number of nitrogens with one attached hydrogen (secondary N) is 2. The summed E-state index contributed by atoms with van der Waals surface area (Å²) >= 11 is 0. The van der Waals surface area contributed by atoms with E-state index >= 15 is 0 Å². The molecule has 0 unspecified atom stereocenters. The number of ether oxygens (including phenoxy) is 1. The molecular weight excluding hydrogens is 354 g/mol. The van der Waals surface area contributed by atoms with E-state index in [2.05, 4.69) is 31.5 Å². The molecule has 7 heteroatoms. The Morgan fingerprint density at radius 2 is 2.04 bits per heavy atom. The van der Waals surface area contributed by atoms with Gasteiger partial charge in [-0.15, -0.1) is 0 Å². The van der Waals surface area contributed by atoms with E-state index in [0.29, 0.717) is 5.69 Å². The van der Waals surface area contributed by atoms with Crippen LogP contribution in [-0.2, 0) is 11.3 Å². The molecule has 1 saturated heterocycles. The highest BCUT2D eigenvalue weighted by Gasteiger charge is 2.16. The van der Waals surface area contributed by atoms with Gasteiger partial charge >= 0.3 is 0 Å². The lowest BCUT2D eigenvalue weighted by Gasteiger charge is -2.26. The van der Waals surface area contributed by atoms with Crippen LogP contribution in [0.2, 0.25) is 0 Å². The molecule has 7 nitrogen and oxygen atoms in total. The molecule has 0 saturated carbocycles. The van der Waals surface area contributed by atoms with Crippen molar-refractivity contribution in [3.63, 3.8) is 0 Å². The number of H-pyrrole nitrogens is 1. The van der Waals surface area contributed by atoms with Crippen LogP contribution in [0.4, 0.5) is 0 Å². The molecular formula is C21H25N5O2. The zero-order valence-corrected chi connectivity index (χ0v) is 16.2. The molecule has 1 fully saturated rings. The van der Waals surface area contributed by atoms with Gasteiger partial charge < -0.3 is 10.1 Å². The average Bonchev–Trinajstić information content (AvgIpc) is 3.12. The third-order valence-electron chi connectivity index (χ3n) is 4.84. The van der Waals surface area contributed by atoms with Crippen molar-refractivity contribution in [2.45, 2.75) is 26.4 Å². The lowest BCUT2D eigenvalue weighted by atomic mass is 10.0. The molecule has 28 heavy (non-hydrogen) atoms. The van der Waals surface area contributed by atoms with Crippen LogP contribution >= 0.6 is 0 Å². The van der Waals surface area contributed by atoms with Gasteiger partial charge in [0.05, 0.1) is 18.7 Å². The zero-order chi connectivity index (χ0) is 19.5. The molecule has 146 valence electrons. The Balaban J connectivity index is 1.61. The van der Waals surface area contributed by atoms with Crippen molar-refractivity contribution in [2.75, 3.05) is 26.3 Å². The minimum atomic E-state index is -0.169. The predicted molar refractivity (Wildman–Crippen MR) is 108 cm³/mol. The normalized spacial score (nSPS) is 15.2. The molecule has 1 aliphatic rings. The largest absolute Gasteiger partial charge is 0.379 e. The predicted octanol–water partition coefficient (Wildman–Crippen LogP) is 2.60. The van der Waals surface area contributed by atoms with E-state index in [9.17, 15) is 4.79 Å². The van der Waals surface area contributed by atoms with E-state index in [0.717, 1.165) is 54.9 Å². The Labute approximate surface area is 164 Å². The molecule has 4 rings (SSSR count). The number of aromatic amines is 1. The fraction of sp³-hybridized carbons (Fsp3) is 0.381. The molecule has 2 N–H and O–H groups in total. The van der Waals surface area contributed by atoms with E-state index in [1.54, 1.807) is 0 Å². The zero-order valence-electron chi connectivity index (χ0n) is 16.2. The number of pyridine rings is 1. The Morgan fingerprint density at radius 3 is 2.82 bits per heavy atom. The molecule has 0 bridgehead atoms. The van der Waals surface area contributed by atoms with Crippen LogP contribution < -0.4 is 5.32 Å². The van der Waals surface area contributed by atoms with Crippen molar-refractivity contribution >= 4 is 16.8 Å². The van der Waals surface area contributed by atoms with E-state index in [-0.39, 0.29) is 11.9 Å². The van der Waals surface area contributed by atoms with Gasteiger partial charge in [-0.05, 0) is 43.2 Å². The molecule has 0 atom stereocenters. The summed E-state index contributed by atoms with van der Waals surface area (Å²) in [5, 5.41) is 10.9. The van der Waals surface area contributed by atoms with Crippen LogP contribution in [0.1, 0.15) is 29.9 Å². The van der Waals surface area contributed by atoms with Crippen LogP contribution in [-0.4, -0.2) is 58.3 Å². The summed E-state index contributed by atoms with van der Waals surface area (Å²) in [5.74, 6) is -0.169. The van der Waals surface area contributed by atoms with Gasteiger partial charge in [-0.3, -0.25) is 19.8 Å². The lowest BCUT2D eigenvalue weighted by molar-refractivity contribution is 0.0341. The highest BCUT2D eigenvalue weighted by atomic mass is 16.5. The van der Waals surface area contributed by atoms with Crippen molar-refractivity contribution in [3.8, 4) is 11.1 Å². The molecule has 0 aliphatic carbocycles. The lowest BCUT2D eigenvalue weighted by Crippen LogP contribution is -2.35. The van der Waals surface area contributed by atoms with Crippen molar-refractivity contribution in [1.29, 1.82) is 0 Å². The summed E-state index contributed by atoms with van der Waals surface area (Å²) in [6, 6.07) is 8.21. The molecule has 1 aromatic carbocycles. The van der Waals surface area contributed by atoms with Crippen molar-refractivity contribution in [3.05, 3.63) is 47.9 Å². The van der Waals surface area contributed by atoms with Gasteiger partial charge in [0.25, 0.3) is 5.91 Å². The first-order valence-electron chi connectivity index (χ1n) is 9.63. The first-order chi connectivity index (χ1) is 13.6. The van der Waals surface area contributed by atoms with Gasteiger partial charge in [0.15, 0.2) is 5.69 Å². The summed E-state index contributed by atoms with van der Waals surface area (Å²) in [6.45, 7) is 8.18. The number of nitrogens with zero attached hydrogens (tertiary/aromatic N) is 3. The monoisotopic (exact) mass is 379 g/mol. The number of hydrogen-bond donors (Lipinski definition) is 2. The SMILES string of the molecule is CC(C)NC(=O)c1n[nH]c2ccc(-c3cncc(CN4CCOCC4)c3)cc12. The minimum Gasteiger partial charge on any atom is -0.379 e. The van der Waals surface area contributed by atoms with E-state index in [4.69, 9.17) is 4.74 Å². The molecule has 3 heterocycles. The first kappa shape index (κ1) is 18.6. The Hall–Kier alpha value is -2.77. The quantitative estimate of drug-likeness (QED) is 0.712. The maximum atomic E-state index is 12.4. The van der Waals surface area contributed by atoms with Crippen LogP contribution in [0.25, 0.3) is 22.0 Å². The Bertz CT molecular complexity index is 976. The van der Waals surface area contributed by atoms with Crippen molar-refractivity contribution in [2.24, 2.45) is 0 Å². The van der Waals surface area contributed by atoms with Gasteiger partial charge in [0, 0.05) is 49.0 Å². The number of amides is 1. The van der Waals surface area contributed by atoms with E-state index in [1.165, 1.54) is 5.56 Å². The second kappa shape index (κ2) is 8.08. The number of aromatic nitrogens is 3. The summed E-state index contributed by atoms with van der Waals surface area (Å²) in [4.78, 5) is 19.2. The fourth-order valence-electron chi connectivity index (χ4n) is 3.45. The van der Waals surface area contributed by atoms with Crippen LogP contribution in [0.5, 0.6) is 0 Å². The van der Waals surface area contributed by atoms with Gasteiger partial charge in [-0.2, -0.15) is 5.10 Å². The highest BCUT2D eigenvalue weighted by Crippen LogP contribution is 2.26. The summed E-state index contributed by atoms with van der Waals surface area (Å²) in [6.07, 6.45) is 3.77. The maximum Gasteiger partial charge on any atom is 0.272 e. The number of morpholine rings is 1. The summed E-state index contributed by atoms with van der Waals surface area (Å²) in [7, 11) is 0. The molecule has 2 aromatic heterocycles. The second-order valence-corrected chi connectivity index (χ2v) is 7.43. The van der Waals surface area contributed by atoms with Crippen LogP contribution in [0.3, 0.4) is 0 Å². The molecule has 1 aliphatic heterocycles. The first-order valence-corrected chi connectivity index (χ1v) is 9.63. The van der Waals surface area contributed by atoms with Crippen LogP contribution in [0, 0.1) is 0 Å². The molecule has 0 radical (unpaired) electrons. The number of fused-ring (bicyclic) bond motifs is 1. The number of carbonyl (C=O) groups excluding carboxylic acids is 1. The van der Waals surface area contributed by atoms with E-state index in [1.807, 2.05) is 44.4 Å². The Kier molecular flexibility index (Phi) is 5.36. The van der Waals surface area contributed by atoms with Gasteiger partial charge in [-0.25, -0.2) is 0 Å². The number of hydrogen-bond acceptors (Lipinski definition) is 5. The van der Waals surface area contributed by atoms with E-state index < -0.39 is 0 Å². The van der Waals surface area contributed by atoms with Gasteiger partial charge in [0.2, 0.25) is 0 Å². The average molecular weight is 379 g/mol. The highest BCUT2D eigenvalue weighted by molar-refractivity contribution is 6.05. The standard InChI is InChI=1S/C21H25N5O2/c1-14(2)23-21(27)20-18-10-16(3-4-19(18)24-25-20)17-9-15(11-22-12-17)13-26-5-7-28-8-6-26/h3-4,9-12,14H,5-8,13H2,1-2H3,(H,23,27)(H,24,25). The van der Waals surface area contributed by atoms with Crippen molar-refractivity contribution in [1.82, 2.24) is 25.4 Å². The van der Waals surface area contributed by atoms with Crippen LogP contribution in [0.15, 0.2) is 36.7 Å². The summed E-state index contributed by atoms with van der Waals surface area (Å²) in [5.41, 5.74) is 4.48. The number of benzene rings is 1. The topological polar surface area (TPSA) is 83.1 Å². The third kappa shape index (κ3) is 4.05. The smallest absolute Gasteiger partial charge is 0.272 e. The maximum absolute atomic E-state index is 12.4. The molecule has 1 amide bonds. The molecule has 0 spiro atoms. The minimum absolute atomic E-state index is 0.0588.